The van der Waals surface area contributed by atoms with Crippen LogP contribution < -0.4 is 5.32 Å². The molecular weight excluding hydrogens is 517 g/mol. The maximum absolute atomic E-state index is 15.2. The average molecular weight is 564 g/mol. The minimum Gasteiger partial charge on any atom is -0.460 e. The summed E-state index contributed by atoms with van der Waals surface area (Å²) in [6.45, 7) is 6.24. The Hall–Kier alpha value is -3.06. The Morgan fingerprint density at radius 1 is 1.07 bits per heavy atom. The van der Waals surface area contributed by atoms with Crippen LogP contribution in [0.2, 0.25) is 0 Å². The number of allylic oxidation sites excluding steroid dienone is 4. The number of hydrogen-bond donors (Lipinski definition) is 1. The molecule has 4 aliphatic rings. The molecule has 1 saturated heterocycles. The fraction of sp³-hybridized carbons (Fsp3) is 0.559. The van der Waals surface area contributed by atoms with Crippen molar-refractivity contribution in [3.63, 3.8) is 0 Å². The van der Waals surface area contributed by atoms with Gasteiger partial charge < -0.3 is 19.7 Å². The third kappa shape index (κ3) is 8.03. The summed E-state index contributed by atoms with van der Waals surface area (Å²) in [6, 6.07) is 7.11. The summed E-state index contributed by atoms with van der Waals surface area (Å²) in [5.74, 6) is 1.83. The van der Waals surface area contributed by atoms with Gasteiger partial charge in [-0.15, -0.1) is 0 Å². The van der Waals surface area contributed by atoms with Crippen molar-refractivity contribution in [1.82, 2.24) is 15.1 Å². The van der Waals surface area contributed by atoms with Crippen LogP contribution in [0.4, 0.5) is 4.39 Å². The molecule has 2 aliphatic carbocycles. The molecule has 5 rings (SSSR count). The minimum atomic E-state index is -0.168. The number of amides is 1. The lowest BCUT2D eigenvalue weighted by Crippen LogP contribution is -2.48. The SMILES string of the molecule is CCC(=O)NC(C1CCCCC1)C(CCN1CCN(C2=COC(CC3=CC=CCC3)=CO2)CC1)c1ccccc1F. The second-order valence-corrected chi connectivity index (χ2v) is 11.8. The Morgan fingerprint density at radius 2 is 1.88 bits per heavy atom. The highest BCUT2D eigenvalue weighted by Crippen LogP contribution is 2.37. The molecule has 1 N–H and O–H groups in total. The molecule has 2 heterocycles. The topological polar surface area (TPSA) is 54.0 Å². The average Bonchev–Trinajstić information content (AvgIpc) is 3.03. The molecule has 2 fully saturated rings. The van der Waals surface area contributed by atoms with E-state index in [0.29, 0.717) is 12.3 Å². The number of benzene rings is 1. The van der Waals surface area contributed by atoms with E-state index >= 15 is 4.39 Å². The number of hydrogen-bond acceptors (Lipinski definition) is 5. The van der Waals surface area contributed by atoms with Gasteiger partial charge >= 0.3 is 0 Å². The highest BCUT2D eigenvalue weighted by molar-refractivity contribution is 5.76. The van der Waals surface area contributed by atoms with E-state index in [9.17, 15) is 4.79 Å². The molecule has 0 aromatic heterocycles. The standard InChI is InChI=1S/C34H46FN3O3/c1-2-32(39)36-34(27-13-7-4-8-14-27)30(29-15-9-10-16-31(29)35)17-18-37-19-21-38(22-20-37)33-25-40-28(24-41-33)23-26-11-5-3-6-12-26/h3,5,9-11,15-16,24-25,27,30,34H,2,4,6-8,12-14,17-23H2,1H3,(H,36,39). The number of carbonyl (C=O) groups is 1. The first-order chi connectivity index (χ1) is 20.1. The van der Waals surface area contributed by atoms with Gasteiger partial charge in [-0.3, -0.25) is 9.69 Å². The molecular formula is C34H46FN3O3. The molecule has 222 valence electrons. The smallest absolute Gasteiger partial charge is 0.231 e. The summed E-state index contributed by atoms with van der Waals surface area (Å²) >= 11 is 0. The molecule has 2 aliphatic heterocycles. The van der Waals surface area contributed by atoms with Gasteiger partial charge in [0.15, 0.2) is 6.26 Å². The molecule has 1 aromatic rings. The van der Waals surface area contributed by atoms with Crippen molar-refractivity contribution in [1.29, 1.82) is 0 Å². The number of carbonyl (C=O) groups excluding carboxylic acids is 1. The summed E-state index contributed by atoms with van der Waals surface area (Å²) < 4.78 is 27.1. The lowest BCUT2D eigenvalue weighted by molar-refractivity contribution is -0.122. The summed E-state index contributed by atoms with van der Waals surface area (Å²) in [4.78, 5) is 17.3. The quantitative estimate of drug-likeness (QED) is 0.323. The maximum Gasteiger partial charge on any atom is 0.231 e. The van der Waals surface area contributed by atoms with Crippen molar-refractivity contribution < 1.29 is 18.7 Å². The van der Waals surface area contributed by atoms with E-state index in [-0.39, 0.29) is 23.7 Å². The van der Waals surface area contributed by atoms with Crippen molar-refractivity contribution in [3.8, 4) is 0 Å². The Bertz CT molecular complexity index is 1150. The maximum atomic E-state index is 15.2. The van der Waals surface area contributed by atoms with Crippen molar-refractivity contribution in [2.45, 2.75) is 83.1 Å². The number of halogens is 1. The van der Waals surface area contributed by atoms with Gasteiger partial charge in [0.1, 0.15) is 17.8 Å². The van der Waals surface area contributed by atoms with E-state index in [0.717, 1.165) is 88.5 Å². The van der Waals surface area contributed by atoms with Crippen LogP contribution in [0.25, 0.3) is 0 Å². The first kappa shape index (κ1) is 29.4. The van der Waals surface area contributed by atoms with Crippen LogP contribution in [0.3, 0.4) is 0 Å². The van der Waals surface area contributed by atoms with Gasteiger partial charge in [0, 0.05) is 51.0 Å². The van der Waals surface area contributed by atoms with Gasteiger partial charge in [-0.05, 0) is 56.2 Å². The number of nitrogens with zero attached hydrogens (tertiary/aromatic N) is 2. The van der Waals surface area contributed by atoms with Gasteiger partial charge in [-0.1, -0.05) is 68.2 Å². The van der Waals surface area contributed by atoms with Gasteiger partial charge in [0.2, 0.25) is 11.8 Å². The highest BCUT2D eigenvalue weighted by atomic mass is 19.1. The fourth-order valence-electron chi connectivity index (χ4n) is 6.71. The van der Waals surface area contributed by atoms with Crippen LogP contribution in [0, 0.1) is 11.7 Å². The second kappa shape index (κ2) is 14.7. The summed E-state index contributed by atoms with van der Waals surface area (Å²) in [5.41, 5.74) is 2.10. The second-order valence-electron chi connectivity index (χ2n) is 11.8. The predicted octanol–water partition coefficient (Wildman–Crippen LogP) is 6.75. The molecule has 2 atom stereocenters. The van der Waals surface area contributed by atoms with Crippen LogP contribution in [-0.4, -0.2) is 54.5 Å². The zero-order chi connectivity index (χ0) is 28.4. The Balaban J connectivity index is 1.18. The lowest BCUT2D eigenvalue weighted by atomic mass is 9.75. The van der Waals surface area contributed by atoms with E-state index in [2.05, 4.69) is 33.3 Å². The minimum absolute atomic E-state index is 0.0414. The van der Waals surface area contributed by atoms with Gasteiger partial charge in [-0.25, -0.2) is 4.39 Å². The predicted molar refractivity (Wildman–Crippen MR) is 160 cm³/mol. The molecule has 1 aromatic carbocycles. The highest BCUT2D eigenvalue weighted by Gasteiger charge is 2.34. The van der Waals surface area contributed by atoms with E-state index in [1.54, 1.807) is 24.7 Å². The summed E-state index contributed by atoms with van der Waals surface area (Å²) in [7, 11) is 0. The van der Waals surface area contributed by atoms with E-state index in [1.165, 1.54) is 24.8 Å². The summed E-state index contributed by atoms with van der Waals surface area (Å²) in [6.07, 6.45) is 20.0. The van der Waals surface area contributed by atoms with E-state index in [4.69, 9.17) is 9.47 Å². The Labute approximate surface area is 244 Å². The summed E-state index contributed by atoms with van der Waals surface area (Å²) in [5, 5.41) is 3.35. The van der Waals surface area contributed by atoms with Gasteiger partial charge in [0.25, 0.3) is 0 Å². The molecule has 1 amide bonds. The van der Waals surface area contributed by atoms with Crippen LogP contribution in [0.15, 0.2) is 72.2 Å². The largest absolute Gasteiger partial charge is 0.460 e. The number of rotatable bonds is 11. The zero-order valence-electron chi connectivity index (χ0n) is 24.5. The van der Waals surface area contributed by atoms with Gasteiger partial charge in [-0.2, -0.15) is 0 Å². The molecule has 0 bridgehead atoms. The van der Waals surface area contributed by atoms with E-state index in [1.807, 2.05) is 19.1 Å². The van der Waals surface area contributed by atoms with Crippen LogP contribution in [0.1, 0.15) is 82.6 Å². The molecule has 2 unspecified atom stereocenters. The van der Waals surface area contributed by atoms with Crippen molar-refractivity contribution in [2.24, 2.45) is 5.92 Å². The van der Waals surface area contributed by atoms with Gasteiger partial charge in [0.05, 0.1) is 0 Å². The third-order valence-corrected chi connectivity index (χ3v) is 9.11. The number of piperazine rings is 1. The zero-order valence-corrected chi connectivity index (χ0v) is 24.5. The van der Waals surface area contributed by atoms with Crippen LogP contribution >= 0.6 is 0 Å². The monoisotopic (exact) mass is 563 g/mol. The Kier molecular flexibility index (Phi) is 10.6. The molecule has 0 spiro atoms. The lowest BCUT2D eigenvalue weighted by Gasteiger charge is -2.40. The molecule has 6 nitrogen and oxygen atoms in total. The van der Waals surface area contributed by atoms with Crippen LogP contribution in [-0.2, 0) is 14.3 Å². The molecule has 0 radical (unpaired) electrons. The van der Waals surface area contributed by atoms with E-state index < -0.39 is 0 Å². The molecule has 1 saturated carbocycles. The molecule has 7 heteroatoms. The number of nitrogens with one attached hydrogen (secondary N) is 1. The first-order valence-corrected chi connectivity index (χ1v) is 15.7. The van der Waals surface area contributed by atoms with Crippen molar-refractivity contribution in [3.05, 3.63) is 83.6 Å². The third-order valence-electron chi connectivity index (χ3n) is 9.11. The fourth-order valence-corrected chi connectivity index (χ4v) is 6.71. The Morgan fingerprint density at radius 3 is 2.56 bits per heavy atom. The number of ether oxygens (including phenoxy) is 2. The first-order valence-electron chi connectivity index (χ1n) is 15.7. The van der Waals surface area contributed by atoms with Crippen LogP contribution in [0.5, 0.6) is 0 Å². The van der Waals surface area contributed by atoms with Crippen molar-refractivity contribution >= 4 is 5.91 Å². The normalized spacial score (nSPS) is 21.6. The molecule has 41 heavy (non-hydrogen) atoms. The van der Waals surface area contributed by atoms with Crippen molar-refractivity contribution in [2.75, 3.05) is 32.7 Å².